The largest absolute Gasteiger partial charge is 0.378 e. The highest BCUT2D eigenvalue weighted by atomic mass is 35.5. The Morgan fingerprint density at radius 2 is 1.71 bits per heavy atom. The molecule has 1 amide bonds. The SMILES string of the molecule is CN1C(=O)[C@H](NC(=S)Nc2ccc(N3CCOCC3)c(Cl)c2)N=C(c2ccccc2Cl)c2cc(Cl)ccc21. The number of nitrogens with one attached hydrogen (secondary N) is 2. The number of likely N-dealkylation sites (N-methyl/N-ethyl adjacent to an activating group) is 1. The summed E-state index contributed by atoms with van der Waals surface area (Å²) in [6.07, 6.45) is -1.01. The summed E-state index contributed by atoms with van der Waals surface area (Å²) in [7, 11) is 1.69. The highest BCUT2D eigenvalue weighted by Crippen LogP contribution is 2.32. The number of carbonyl (C=O) groups is 1. The van der Waals surface area contributed by atoms with Crippen LogP contribution in [-0.4, -0.2) is 56.2 Å². The lowest BCUT2D eigenvalue weighted by Crippen LogP contribution is -2.47. The molecule has 0 aromatic heterocycles. The molecule has 2 aliphatic heterocycles. The number of carbonyl (C=O) groups excluding carboxylic acids is 1. The Bertz CT molecular complexity index is 1430. The van der Waals surface area contributed by atoms with Gasteiger partial charge in [-0.1, -0.05) is 53.0 Å². The van der Waals surface area contributed by atoms with Gasteiger partial charge in [0.25, 0.3) is 5.91 Å². The van der Waals surface area contributed by atoms with Gasteiger partial charge in [0.15, 0.2) is 5.11 Å². The maximum atomic E-state index is 13.5. The normalized spacial score (nSPS) is 17.4. The monoisotopic (exact) mass is 587 g/mol. The van der Waals surface area contributed by atoms with Crippen molar-refractivity contribution in [3.05, 3.63) is 86.9 Å². The van der Waals surface area contributed by atoms with Crippen molar-refractivity contribution in [1.29, 1.82) is 0 Å². The van der Waals surface area contributed by atoms with Crippen molar-refractivity contribution in [1.82, 2.24) is 5.32 Å². The number of anilines is 3. The van der Waals surface area contributed by atoms with Gasteiger partial charge in [-0.05, 0) is 54.7 Å². The van der Waals surface area contributed by atoms with Crippen LogP contribution < -0.4 is 20.4 Å². The van der Waals surface area contributed by atoms with Gasteiger partial charge in [-0.25, -0.2) is 4.99 Å². The van der Waals surface area contributed by atoms with E-state index in [2.05, 4.69) is 15.5 Å². The average molecular weight is 589 g/mol. The molecule has 11 heteroatoms. The Balaban J connectivity index is 1.42. The summed E-state index contributed by atoms with van der Waals surface area (Å²) in [5.74, 6) is -0.291. The van der Waals surface area contributed by atoms with Crippen LogP contribution in [-0.2, 0) is 9.53 Å². The molecule has 0 radical (unpaired) electrons. The third-order valence-electron chi connectivity index (χ3n) is 6.35. The van der Waals surface area contributed by atoms with Crippen LogP contribution in [0.15, 0.2) is 65.7 Å². The summed E-state index contributed by atoms with van der Waals surface area (Å²) >= 11 is 25.0. The lowest BCUT2D eigenvalue weighted by Gasteiger charge is -2.29. The van der Waals surface area contributed by atoms with E-state index in [9.17, 15) is 4.79 Å². The van der Waals surface area contributed by atoms with Gasteiger partial charge in [0.2, 0.25) is 6.17 Å². The van der Waals surface area contributed by atoms with E-state index in [1.165, 1.54) is 4.90 Å². The van der Waals surface area contributed by atoms with Gasteiger partial charge in [0, 0.05) is 47.0 Å². The molecule has 196 valence electrons. The second-order valence-electron chi connectivity index (χ2n) is 8.78. The summed E-state index contributed by atoms with van der Waals surface area (Å²) in [5, 5.41) is 8.00. The Morgan fingerprint density at radius 3 is 2.45 bits per heavy atom. The fraction of sp³-hybridized carbons (Fsp3) is 0.222. The number of halogens is 3. The molecule has 2 aliphatic rings. The molecule has 1 atom stereocenters. The van der Waals surface area contributed by atoms with E-state index in [4.69, 9.17) is 56.7 Å². The maximum Gasteiger partial charge on any atom is 0.272 e. The molecule has 0 unspecified atom stereocenters. The number of hydrogen-bond donors (Lipinski definition) is 2. The Labute approximate surface area is 241 Å². The molecule has 0 spiro atoms. The van der Waals surface area contributed by atoms with Crippen molar-refractivity contribution in [2.45, 2.75) is 6.17 Å². The van der Waals surface area contributed by atoms with E-state index in [1.54, 1.807) is 37.4 Å². The minimum absolute atomic E-state index is 0.221. The smallest absolute Gasteiger partial charge is 0.272 e. The molecular weight excluding hydrogens is 565 g/mol. The van der Waals surface area contributed by atoms with E-state index >= 15 is 0 Å². The fourth-order valence-electron chi connectivity index (χ4n) is 4.45. The molecule has 3 aromatic carbocycles. The molecular formula is C27H24Cl3N5O2S. The summed E-state index contributed by atoms with van der Waals surface area (Å²) < 4.78 is 5.43. The number of ether oxygens (including phenoxy) is 1. The molecule has 1 fully saturated rings. The van der Waals surface area contributed by atoms with E-state index in [0.717, 1.165) is 18.8 Å². The second-order valence-corrected chi connectivity index (χ2v) is 10.4. The van der Waals surface area contributed by atoms with Crippen LogP contribution in [0.2, 0.25) is 15.1 Å². The van der Waals surface area contributed by atoms with Gasteiger partial charge < -0.3 is 25.2 Å². The number of benzodiazepines with no additional fused rings is 1. The zero-order chi connectivity index (χ0) is 26.8. The molecule has 7 nitrogen and oxygen atoms in total. The summed E-state index contributed by atoms with van der Waals surface area (Å²) in [5.41, 5.74) is 4.18. The van der Waals surface area contributed by atoms with Crippen LogP contribution in [0.1, 0.15) is 11.1 Å². The first-order valence-corrected chi connectivity index (χ1v) is 13.5. The van der Waals surface area contributed by atoms with Gasteiger partial charge in [0.05, 0.1) is 35.3 Å². The molecule has 0 saturated carbocycles. The predicted octanol–water partition coefficient (Wildman–Crippen LogP) is 5.61. The zero-order valence-electron chi connectivity index (χ0n) is 20.4. The number of thiocarbonyl (C=S) groups is 1. The molecule has 2 N–H and O–H groups in total. The van der Waals surface area contributed by atoms with Crippen molar-refractivity contribution in [2.75, 3.05) is 48.5 Å². The summed E-state index contributed by atoms with van der Waals surface area (Å²) in [6.45, 7) is 2.90. The summed E-state index contributed by atoms with van der Waals surface area (Å²) in [6, 6.07) is 18.3. The number of rotatable bonds is 4. The van der Waals surface area contributed by atoms with Gasteiger partial charge in [-0.3, -0.25) is 4.79 Å². The average Bonchev–Trinajstić information content (AvgIpc) is 3.00. The lowest BCUT2D eigenvalue weighted by atomic mass is 10.00. The third-order valence-corrected chi connectivity index (χ3v) is 7.44. The molecule has 2 heterocycles. The number of amides is 1. The number of aliphatic imine (C=N–C) groups is 1. The fourth-order valence-corrected chi connectivity index (χ4v) is 5.37. The molecule has 0 aliphatic carbocycles. The topological polar surface area (TPSA) is 69.2 Å². The first kappa shape index (κ1) is 26.7. The standard InChI is InChI=1S/C27H24Cl3N5O2S/c1-34-22-8-6-16(28)14-19(22)24(18-4-2-3-5-20(18)29)32-25(26(34)36)33-27(38)31-17-7-9-23(21(30)15-17)35-10-12-37-13-11-35/h2-9,14-15,25H,10-13H2,1H3,(H2,31,33,38)/t25-/m0/s1. The Kier molecular flexibility index (Phi) is 8.07. The van der Waals surface area contributed by atoms with Crippen LogP contribution in [0.4, 0.5) is 17.1 Å². The number of fused-ring (bicyclic) bond motifs is 1. The molecule has 0 bridgehead atoms. The Hall–Kier alpha value is -2.88. The summed E-state index contributed by atoms with van der Waals surface area (Å²) in [4.78, 5) is 22.0. The van der Waals surface area contributed by atoms with Crippen molar-refractivity contribution in [3.8, 4) is 0 Å². The minimum Gasteiger partial charge on any atom is -0.378 e. The first-order chi connectivity index (χ1) is 18.3. The minimum atomic E-state index is -1.01. The van der Waals surface area contributed by atoms with E-state index in [0.29, 0.717) is 56.5 Å². The lowest BCUT2D eigenvalue weighted by molar-refractivity contribution is -0.119. The number of benzene rings is 3. The quantitative estimate of drug-likeness (QED) is 0.386. The molecule has 3 aromatic rings. The number of hydrogen-bond acceptors (Lipinski definition) is 5. The predicted molar refractivity (Wildman–Crippen MR) is 160 cm³/mol. The highest BCUT2D eigenvalue weighted by Gasteiger charge is 2.31. The van der Waals surface area contributed by atoms with Gasteiger partial charge in [0.1, 0.15) is 0 Å². The molecule has 1 saturated heterocycles. The van der Waals surface area contributed by atoms with Crippen molar-refractivity contribution in [2.24, 2.45) is 4.99 Å². The van der Waals surface area contributed by atoms with E-state index in [-0.39, 0.29) is 11.0 Å². The van der Waals surface area contributed by atoms with Crippen molar-refractivity contribution in [3.63, 3.8) is 0 Å². The van der Waals surface area contributed by atoms with E-state index < -0.39 is 6.17 Å². The molecule has 38 heavy (non-hydrogen) atoms. The van der Waals surface area contributed by atoms with Gasteiger partial charge in [-0.15, -0.1) is 0 Å². The maximum absolute atomic E-state index is 13.5. The van der Waals surface area contributed by atoms with Crippen molar-refractivity contribution < 1.29 is 9.53 Å². The van der Waals surface area contributed by atoms with Crippen LogP contribution >= 0.6 is 47.0 Å². The zero-order valence-corrected chi connectivity index (χ0v) is 23.5. The van der Waals surface area contributed by atoms with Gasteiger partial charge in [-0.2, -0.15) is 0 Å². The molecule has 5 rings (SSSR count). The van der Waals surface area contributed by atoms with Crippen LogP contribution in [0, 0.1) is 0 Å². The van der Waals surface area contributed by atoms with Crippen LogP contribution in [0.5, 0.6) is 0 Å². The highest BCUT2D eigenvalue weighted by molar-refractivity contribution is 7.80. The van der Waals surface area contributed by atoms with Crippen LogP contribution in [0.3, 0.4) is 0 Å². The van der Waals surface area contributed by atoms with Gasteiger partial charge >= 0.3 is 0 Å². The van der Waals surface area contributed by atoms with Crippen LogP contribution in [0.25, 0.3) is 0 Å². The Morgan fingerprint density at radius 1 is 0.974 bits per heavy atom. The third kappa shape index (κ3) is 5.60. The van der Waals surface area contributed by atoms with Crippen molar-refractivity contribution >= 4 is 80.8 Å². The first-order valence-electron chi connectivity index (χ1n) is 11.9. The second kappa shape index (κ2) is 11.5. The number of morpholine rings is 1. The van der Waals surface area contributed by atoms with E-state index in [1.807, 2.05) is 30.3 Å². The number of nitrogens with zero attached hydrogens (tertiary/aromatic N) is 3.